The van der Waals surface area contributed by atoms with Crippen molar-refractivity contribution in [2.45, 2.75) is 11.7 Å². The van der Waals surface area contributed by atoms with Crippen LogP contribution in [0.5, 0.6) is 0 Å². The standard InChI is InChI=1S/C8H7NO3S2/c10-6-5(14-8(13)9-6)3-4-1-2-12-7(4)11/h1-2,4-5H,3H2,(H,9,10,13). The smallest absolute Gasteiger partial charge is 0.317 e. The molecule has 6 heteroatoms. The zero-order valence-corrected chi connectivity index (χ0v) is 8.69. The van der Waals surface area contributed by atoms with Gasteiger partial charge in [0.15, 0.2) is 0 Å². The number of carbonyl (C=O) groups excluding carboxylic acids is 2. The zero-order chi connectivity index (χ0) is 10.1. The first-order valence-corrected chi connectivity index (χ1v) is 5.34. The molecule has 4 nitrogen and oxygen atoms in total. The summed E-state index contributed by atoms with van der Waals surface area (Å²) in [5.41, 5.74) is 0. The molecule has 2 unspecified atom stereocenters. The Morgan fingerprint density at radius 3 is 2.86 bits per heavy atom. The number of carbonyl (C=O) groups is 2. The first-order chi connectivity index (χ1) is 6.66. The molecule has 0 radical (unpaired) electrons. The molecule has 0 aromatic heterocycles. The number of thioether (sulfide) groups is 1. The minimum Gasteiger partial charge on any atom is -0.434 e. The number of nitrogens with one attached hydrogen (secondary N) is 1. The summed E-state index contributed by atoms with van der Waals surface area (Å²) in [6.07, 6.45) is 3.48. The van der Waals surface area contributed by atoms with Crippen LogP contribution in [0.4, 0.5) is 0 Å². The Morgan fingerprint density at radius 2 is 2.36 bits per heavy atom. The highest BCUT2D eigenvalue weighted by molar-refractivity contribution is 8.24. The first-order valence-electron chi connectivity index (χ1n) is 4.05. The Morgan fingerprint density at radius 1 is 1.57 bits per heavy atom. The number of hydrogen-bond donors (Lipinski definition) is 1. The van der Waals surface area contributed by atoms with Crippen LogP contribution in [0.1, 0.15) is 6.42 Å². The van der Waals surface area contributed by atoms with E-state index < -0.39 is 0 Å². The van der Waals surface area contributed by atoms with Crippen LogP contribution in [0.2, 0.25) is 0 Å². The number of ether oxygens (including phenoxy) is 1. The van der Waals surface area contributed by atoms with E-state index in [9.17, 15) is 9.59 Å². The summed E-state index contributed by atoms with van der Waals surface area (Å²) in [5, 5.41) is 2.27. The fraction of sp³-hybridized carbons (Fsp3) is 0.375. The van der Waals surface area contributed by atoms with Crippen molar-refractivity contribution in [3.05, 3.63) is 12.3 Å². The van der Waals surface area contributed by atoms with Crippen molar-refractivity contribution in [2.75, 3.05) is 0 Å². The number of amides is 1. The number of cyclic esters (lactones) is 1. The van der Waals surface area contributed by atoms with E-state index in [1.807, 2.05) is 0 Å². The molecular formula is C8H7NO3S2. The lowest BCUT2D eigenvalue weighted by atomic mass is 10.0. The second-order valence-electron chi connectivity index (χ2n) is 2.99. The van der Waals surface area contributed by atoms with Crippen LogP contribution in [0.25, 0.3) is 0 Å². The molecule has 2 heterocycles. The topological polar surface area (TPSA) is 55.4 Å². The van der Waals surface area contributed by atoms with Gasteiger partial charge in [0.25, 0.3) is 0 Å². The van der Waals surface area contributed by atoms with E-state index in [4.69, 9.17) is 12.2 Å². The zero-order valence-electron chi connectivity index (χ0n) is 7.06. The number of hydrogen-bond acceptors (Lipinski definition) is 5. The van der Waals surface area contributed by atoms with Gasteiger partial charge in [0.1, 0.15) is 4.32 Å². The molecule has 2 rings (SSSR count). The van der Waals surface area contributed by atoms with Crippen molar-refractivity contribution in [1.29, 1.82) is 0 Å². The molecule has 0 bridgehead atoms. The van der Waals surface area contributed by atoms with Crippen LogP contribution in [0, 0.1) is 5.92 Å². The summed E-state index contributed by atoms with van der Waals surface area (Å²) in [4.78, 5) is 22.4. The van der Waals surface area contributed by atoms with Gasteiger partial charge in [-0.3, -0.25) is 9.59 Å². The fourth-order valence-electron chi connectivity index (χ4n) is 1.32. The number of esters is 1. The predicted octanol–water partition coefficient (Wildman–Crippen LogP) is 0.580. The molecule has 74 valence electrons. The lowest BCUT2D eigenvalue weighted by Gasteiger charge is -2.07. The minimum absolute atomic E-state index is 0.117. The van der Waals surface area contributed by atoms with E-state index in [1.165, 1.54) is 18.0 Å². The first kappa shape index (κ1) is 9.67. The van der Waals surface area contributed by atoms with Gasteiger partial charge in [-0.1, -0.05) is 24.0 Å². The van der Waals surface area contributed by atoms with Gasteiger partial charge in [-0.25, -0.2) is 0 Å². The average Bonchev–Trinajstić information content (AvgIpc) is 2.62. The minimum atomic E-state index is -0.306. The molecule has 0 aromatic carbocycles. The van der Waals surface area contributed by atoms with Gasteiger partial charge in [0.05, 0.1) is 17.4 Å². The van der Waals surface area contributed by atoms with Crippen molar-refractivity contribution in [3.8, 4) is 0 Å². The maximum atomic E-state index is 11.3. The highest BCUT2D eigenvalue weighted by Gasteiger charge is 2.34. The number of thiocarbonyl (C=S) groups is 1. The second kappa shape index (κ2) is 3.70. The Hall–Kier alpha value is -0.880. The molecule has 1 saturated heterocycles. The molecule has 14 heavy (non-hydrogen) atoms. The Bertz CT molecular complexity index is 339. The van der Waals surface area contributed by atoms with Gasteiger partial charge in [-0.15, -0.1) is 0 Å². The quantitative estimate of drug-likeness (QED) is 0.554. The van der Waals surface area contributed by atoms with E-state index in [0.717, 1.165) is 0 Å². The average molecular weight is 229 g/mol. The lowest BCUT2D eigenvalue weighted by Crippen LogP contribution is -2.26. The molecule has 0 saturated carbocycles. The second-order valence-corrected chi connectivity index (χ2v) is 4.87. The monoisotopic (exact) mass is 229 g/mol. The van der Waals surface area contributed by atoms with E-state index in [0.29, 0.717) is 10.7 Å². The summed E-state index contributed by atoms with van der Waals surface area (Å²) >= 11 is 6.13. The molecule has 2 atom stereocenters. The summed E-state index contributed by atoms with van der Waals surface area (Å²) in [5.74, 6) is -0.719. The van der Waals surface area contributed by atoms with Crippen LogP contribution in [-0.2, 0) is 14.3 Å². The maximum absolute atomic E-state index is 11.3. The largest absolute Gasteiger partial charge is 0.434 e. The summed E-state index contributed by atoms with van der Waals surface area (Å²) in [6.45, 7) is 0. The van der Waals surface area contributed by atoms with Crippen molar-refractivity contribution >= 4 is 40.2 Å². The molecule has 1 amide bonds. The van der Waals surface area contributed by atoms with Gasteiger partial charge in [-0.05, 0) is 12.5 Å². The van der Waals surface area contributed by atoms with Crippen molar-refractivity contribution < 1.29 is 14.3 Å². The van der Waals surface area contributed by atoms with Crippen LogP contribution in [0.3, 0.4) is 0 Å². The van der Waals surface area contributed by atoms with Crippen LogP contribution in [-0.4, -0.2) is 21.4 Å². The van der Waals surface area contributed by atoms with Crippen LogP contribution < -0.4 is 5.32 Å². The van der Waals surface area contributed by atoms with Gasteiger partial charge in [0.2, 0.25) is 5.91 Å². The number of rotatable bonds is 2. The molecule has 0 aliphatic carbocycles. The van der Waals surface area contributed by atoms with Crippen molar-refractivity contribution in [2.24, 2.45) is 5.92 Å². The van der Waals surface area contributed by atoms with E-state index >= 15 is 0 Å². The molecule has 2 aliphatic heterocycles. The Labute approximate surface area is 90.1 Å². The third-order valence-electron chi connectivity index (χ3n) is 2.03. The third kappa shape index (κ3) is 1.80. The summed E-state index contributed by atoms with van der Waals surface area (Å²) < 4.78 is 5.13. The Balaban J connectivity index is 1.97. The van der Waals surface area contributed by atoms with Gasteiger partial charge < -0.3 is 10.1 Å². The SMILES string of the molecule is O=C1OC=CC1CC1SC(=S)NC1=O. The molecule has 2 aliphatic rings. The summed E-state index contributed by atoms with van der Waals surface area (Å²) in [7, 11) is 0. The molecule has 0 spiro atoms. The van der Waals surface area contributed by atoms with Crippen molar-refractivity contribution in [3.63, 3.8) is 0 Å². The molecule has 1 N–H and O–H groups in total. The normalized spacial score (nSPS) is 30.7. The Kier molecular flexibility index (Phi) is 2.56. The van der Waals surface area contributed by atoms with Crippen molar-refractivity contribution in [1.82, 2.24) is 5.32 Å². The third-order valence-corrected chi connectivity index (χ3v) is 3.43. The maximum Gasteiger partial charge on any atom is 0.317 e. The lowest BCUT2D eigenvalue weighted by molar-refractivity contribution is -0.139. The van der Waals surface area contributed by atoms with Crippen LogP contribution >= 0.6 is 24.0 Å². The van der Waals surface area contributed by atoms with E-state index in [1.54, 1.807) is 6.08 Å². The van der Waals surface area contributed by atoms with Crippen LogP contribution in [0.15, 0.2) is 12.3 Å². The van der Waals surface area contributed by atoms with Gasteiger partial charge in [-0.2, -0.15) is 0 Å². The summed E-state index contributed by atoms with van der Waals surface area (Å²) in [6, 6.07) is 0. The molecule has 0 aromatic rings. The highest BCUT2D eigenvalue weighted by Crippen LogP contribution is 2.28. The predicted molar refractivity (Wildman–Crippen MR) is 55.5 cm³/mol. The van der Waals surface area contributed by atoms with E-state index in [2.05, 4.69) is 10.1 Å². The van der Waals surface area contributed by atoms with Gasteiger partial charge in [0, 0.05) is 0 Å². The molecule has 1 fully saturated rings. The van der Waals surface area contributed by atoms with E-state index in [-0.39, 0.29) is 23.0 Å². The molecular weight excluding hydrogens is 222 g/mol. The fourth-order valence-corrected chi connectivity index (χ4v) is 2.66. The highest BCUT2D eigenvalue weighted by atomic mass is 32.2. The van der Waals surface area contributed by atoms with Gasteiger partial charge >= 0.3 is 5.97 Å².